The maximum absolute atomic E-state index is 13.1. The molecular formula is C20H24F2N2O2. The SMILES string of the molecule is CC(NC(=O)c1ccc(C2CC2(F)F)cc1)C(=O)N1CCC2(CC1)CC2. The summed E-state index contributed by atoms with van der Waals surface area (Å²) in [6, 6.07) is 5.66. The highest BCUT2D eigenvalue weighted by Crippen LogP contribution is 2.55. The zero-order valence-electron chi connectivity index (χ0n) is 14.9. The van der Waals surface area contributed by atoms with Crippen molar-refractivity contribution in [1.82, 2.24) is 10.2 Å². The third-order valence-corrected chi connectivity index (χ3v) is 6.21. The van der Waals surface area contributed by atoms with Gasteiger partial charge in [-0.2, -0.15) is 0 Å². The van der Waals surface area contributed by atoms with Gasteiger partial charge in [-0.1, -0.05) is 12.1 Å². The first-order valence-electron chi connectivity index (χ1n) is 9.37. The molecule has 2 aliphatic carbocycles. The van der Waals surface area contributed by atoms with E-state index in [-0.39, 0.29) is 18.2 Å². The molecule has 1 aliphatic heterocycles. The van der Waals surface area contributed by atoms with Gasteiger partial charge in [0.05, 0.1) is 5.92 Å². The van der Waals surface area contributed by atoms with Crippen molar-refractivity contribution >= 4 is 11.8 Å². The number of nitrogens with one attached hydrogen (secondary N) is 1. The lowest BCUT2D eigenvalue weighted by Crippen LogP contribution is -2.49. The number of piperidine rings is 1. The summed E-state index contributed by atoms with van der Waals surface area (Å²) in [5, 5.41) is 2.73. The molecule has 2 atom stereocenters. The average molecular weight is 362 g/mol. The average Bonchev–Trinajstić information content (AvgIpc) is 3.52. The van der Waals surface area contributed by atoms with Gasteiger partial charge in [-0.3, -0.25) is 9.59 Å². The molecule has 140 valence electrons. The first-order chi connectivity index (χ1) is 12.3. The molecule has 1 aromatic rings. The predicted molar refractivity (Wildman–Crippen MR) is 93.2 cm³/mol. The van der Waals surface area contributed by atoms with Crippen LogP contribution in [0.15, 0.2) is 24.3 Å². The molecule has 2 unspecified atom stereocenters. The molecule has 1 N–H and O–H groups in total. The number of nitrogens with zero attached hydrogens (tertiary/aromatic N) is 1. The molecule has 2 saturated carbocycles. The van der Waals surface area contributed by atoms with Crippen molar-refractivity contribution in [3.05, 3.63) is 35.4 Å². The minimum atomic E-state index is -2.61. The van der Waals surface area contributed by atoms with Crippen LogP contribution in [0.4, 0.5) is 8.78 Å². The largest absolute Gasteiger partial charge is 0.341 e. The number of likely N-dealkylation sites (tertiary alicyclic amines) is 1. The molecule has 1 aromatic carbocycles. The van der Waals surface area contributed by atoms with E-state index in [0.29, 0.717) is 16.5 Å². The Kier molecular flexibility index (Phi) is 4.04. The maximum Gasteiger partial charge on any atom is 0.255 e. The Balaban J connectivity index is 1.31. The fraction of sp³-hybridized carbons (Fsp3) is 0.600. The van der Waals surface area contributed by atoms with Gasteiger partial charge in [-0.05, 0) is 55.7 Å². The van der Waals surface area contributed by atoms with Crippen LogP contribution in [0.3, 0.4) is 0 Å². The van der Waals surface area contributed by atoms with Crippen LogP contribution < -0.4 is 5.32 Å². The number of carbonyl (C=O) groups is 2. The summed E-state index contributed by atoms with van der Waals surface area (Å²) in [6.07, 6.45) is 4.56. The van der Waals surface area contributed by atoms with Crippen LogP contribution in [0.1, 0.15) is 60.9 Å². The highest BCUT2D eigenvalue weighted by atomic mass is 19.3. The van der Waals surface area contributed by atoms with Crippen molar-refractivity contribution in [2.24, 2.45) is 5.41 Å². The number of carbonyl (C=O) groups excluding carboxylic acids is 2. The first kappa shape index (κ1) is 17.4. The van der Waals surface area contributed by atoms with E-state index in [4.69, 9.17) is 0 Å². The van der Waals surface area contributed by atoms with Crippen LogP contribution in [0.5, 0.6) is 0 Å². The second-order valence-electron chi connectivity index (χ2n) is 8.16. The van der Waals surface area contributed by atoms with Crippen LogP contribution in [0, 0.1) is 5.41 Å². The van der Waals surface area contributed by atoms with Gasteiger partial charge in [0.1, 0.15) is 6.04 Å². The maximum atomic E-state index is 13.1. The lowest BCUT2D eigenvalue weighted by Gasteiger charge is -2.33. The van der Waals surface area contributed by atoms with Gasteiger partial charge in [0.15, 0.2) is 0 Å². The highest BCUT2D eigenvalue weighted by Gasteiger charge is 2.57. The summed E-state index contributed by atoms with van der Waals surface area (Å²) in [5.74, 6) is -3.74. The monoisotopic (exact) mass is 362 g/mol. The van der Waals surface area contributed by atoms with E-state index in [1.54, 1.807) is 31.2 Å². The second kappa shape index (κ2) is 6.03. The topological polar surface area (TPSA) is 49.4 Å². The van der Waals surface area contributed by atoms with Crippen molar-refractivity contribution < 1.29 is 18.4 Å². The molecule has 3 fully saturated rings. The fourth-order valence-corrected chi connectivity index (χ4v) is 3.94. The van der Waals surface area contributed by atoms with Crippen LogP contribution in [-0.2, 0) is 4.79 Å². The molecule has 4 nitrogen and oxygen atoms in total. The molecule has 2 amide bonds. The number of amides is 2. The molecule has 6 heteroatoms. The number of rotatable bonds is 4. The van der Waals surface area contributed by atoms with Crippen molar-refractivity contribution in [2.75, 3.05) is 13.1 Å². The lowest BCUT2D eigenvalue weighted by molar-refractivity contribution is -0.134. The van der Waals surface area contributed by atoms with Crippen molar-refractivity contribution in [2.45, 2.75) is 56.9 Å². The summed E-state index contributed by atoms with van der Waals surface area (Å²) < 4.78 is 26.2. The molecule has 1 saturated heterocycles. The molecular weight excluding hydrogens is 338 g/mol. The zero-order chi connectivity index (χ0) is 18.5. The van der Waals surface area contributed by atoms with Crippen molar-refractivity contribution in [3.63, 3.8) is 0 Å². The molecule has 26 heavy (non-hydrogen) atoms. The number of alkyl halides is 2. The van der Waals surface area contributed by atoms with E-state index < -0.39 is 17.9 Å². The second-order valence-corrected chi connectivity index (χ2v) is 8.16. The Labute approximate surface area is 151 Å². The van der Waals surface area contributed by atoms with Gasteiger partial charge >= 0.3 is 0 Å². The van der Waals surface area contributed by atoms with Crippen LogP contribution in [-0.4, -0.2) is 41.8 Å². The molecule has 1 heterocycles. The minimum absolute atomic E-state index is 0.0527. The van der Waals surface area contributed by atoms with Gasteiger partial charge in [-0.15, -0.1) is 0 Å². The third-order valence-electron chi connectivity index (χ3n) is 6.21. The smallest absolute Gasteiger partial charge is 0.255 e. The van der Waals surface area contributed by atoms with E-state index in [0.717, 1.165) is 25.9 Å². The third kappa shape index (κ3) is 3.33. The van der Waals surface area contributed by atoms with Gasteiger partial charge in [0.2, 0.25) is 5.91 Å². The quantitative estimate of drug-likeness (QED) is 0.893. The highest BCUT2D eigenvalue weighted by molar-refractivity contribution is 5.97. The molecule has 0 aromatic heterocycles. The van der Waals surface area contributed by atoms with Crippen molar-refractivity contribution in [1.29, 1.82) is 0 Å². The van der Waals surface area contributed by atoms with E-state index >= 15 is 0 Å². The van der Waals surface area contributed by atoms with Crippen LogP contribution in [0.25, 0.3) is 0 Å². The normalized spacial score (nSPS) is 26.3. The van der Waals surface area contributed by atoms with Gasteiger partial charge in [0, 0.05) is 25.1 Å². The van der Waals surface area contributed by atoms with E-state index in [2.05, 4.69) is 5.32 Å². The summed E-state index contributed by atoms with van der Waals surface area (Å²) in [6.45, 7) is 3.23. The van der Waals surface area contributed by atoms with E-state index in [1.807, 2.05) is 4.90 Å². The standard InChI is InChI=1S/C20H24F2N2O2/c1-13(18(26)24-10-8-19(6-7-19)9-11-24)23-17(25)15-4-2-14(3-5-15)16-12-20(16,21)22/h2-5,13,16H,6-12H2,1H3,(H,23,25). The molecule has 3 aliphatic rings. The summed E-state index contributed by atoms with van der Waals surface area (Å²) in [4.78, 5) is 26.7. The van der Waals surface area contributed by atoms with Gasteiger partial charge in [0.25, 0.3) is 11.8 Å². The minimum Gasteiger partial charge on any atom is -0.341 e. The van der Waals surface area contributed by atoms with Crippen LogP contribution in [0.2, 0.25) is 0 Å². The van der Waals surface area contributed by atoms with Crippen molar-refractivity contribution in [3.8, 4) is 0 Å². The Morgan fingerprint density at radius 3 is 2.19 bits per heavy atom. The Morgan fingerprint density at radius 1 is 1.12 bits per heavy atom. The van der Waals surface area contributed by atoms with Gasteiger partial charge in [-0.25, -0.2) is 8.78 Å². The van der Waals surface area contributed by atoms with Gasteiger partial charge < -0.3 is 10.2 Å². The Bertz CT molecular complexity index is 718. The molecule has 0 bridgehead atoms. The molecule has 4 rings (SSSR count). The zero-order valence-corrected chi connectivity index (χ0v) is 14.9. The summed E-state index contributed by atoms with van der Waals surface area (Å²) in [5.41, 5.74) is 1.44. The summed E-state index contributed by atoms with van der Waals surface area (Å²) in [7, 11) is 0. The predicted octanol–water partition coefficient (Wildman–Crippen LogP) is 3.33. The first-order valence-corrected chi connectivity index (χ1v) is 9.37. The van der Waals surface area contributed by atoms with Crippen LogP contribution >= 0.6 is 0 Å². The Hall–Kier alpha value is -1.98. The van der Waals surface area contributed by atoms with E-state index in [1.165, 1.54) is 12.8 Å². The lowest BCUT2D eigenvalue weighted by atomic mass is 9.93. The number of hydrogen-bond acceptors (Lipinski definition) is 2. The molecule has 1 spiro atoms. The number of benzene rings is 1. The number of halogens is 2. The Morgan fingerprint density at radius 2 is 1.69 bits per heavy atom. The molecule has 0 radical (unpaired) electrons. The number of hydrogen-bond donors (Lipinski definition) is 1. The van der Waals surface area contributed by atoms with E-state index in [9.17, 15) is 18.4 Å². The fourth-order valence-electron chi connectivity index (χ4n) is 3.94. The summed E-state index contributed by atoms with van der Waals surface area (Å²) >= 11 is 0.